The Labute approximate surface area is 119 Å². The first kappa shape index (κ1) is 14.8. The summed E-state index contributed by atoms with van der Waals surface area (Å²) in [6.07, 6.45) is 1.32. The average Bonchev–Trinajstić information content (AvgIpc) is 2.47. The molecular formula is C15H20N2O3. The molecule has 20 heavy (non-hydrogen) atoms. The van der Waals surface area contributed by atoms with E-state index in [1.165, 1.54) is 0 Å². The Balaban J connectivity index is 1.89. The van der Waals surface area contributed by atoms with Crippen molar-refractivity contribution in [1.29, 1.82) is 5.26 Å². The van der Waals surface area contributed by atoms with Gasteiger partial charge in [0.15, 0.2) is 0 Å². The summed E-state index contributed by atoms with van der Waals surface area (Å²) < 4.78 is 10.4. The Bertz CT molecular complexity index is 490. The van der Waals surface area contributed by atoms with Gasteiger partial charge in [0.25, 0.3) is 0 Å². The van der Waals surface area contributed by atoms with Crippen molar-refractivity contribution in [3.05, 3.63) is 29.3 Å². The van der Waals surface area contributed by atoms with E-state index in [0.29, 0.717) is 50.5 Å². The monoisotopic (exact) mass is 276 g/mol. The van der Waals surface area contributed by atoms with Crippen molar-refractivity contribution in [2.75, 3.05) is 26.9 Å². The number of nitriles is 1. The van der Waals surface area contributed by atoms with E-state index in [0.717, 1.165) is 5.56 Å². The summed E-state index contributed by atoms with van der Waals surface area (Å²) in [6, 6.07) is 7.63. The van der Waals surface area contributed by atoms with Gasteiger partial charge in [0.1, 0.15) is 11.8 Å². The molecule has 2 N–H and O–H groups in total. The minimum Gasteiger partial charge on any atom is -0.495 e. The average molecular weight is 276 g/mol. The van der Waals surface area contributed by atoms with Crippen molar-refractivity contribution in [1.82, 2.24) is 5.32 Å². The van der Waals surface area contributed by atoms with Crippen LogP contribution in [0.2, 0.25) is 0 Å². The quantitative estimate of drug-likeness (QED) is 0.845. The van der Waals surface area contributed by atoms with Gasteiger partial charge >= 0.3 is 0 Å². The van der Waals surface area contributed by atoms with Crippen molar-refractivity contribution in [3.8, 4) is 11.8 Å². The number of benzene rings is 1. The van der Waals surface area contributed by atoms with E-state index >= 15 is 0 Å². The van der Waals surface area contributed by atoms with Crippen LogP contribution in [0, 0.1) is 11.3 Å². The molecule has 0 spiro atoms. The molecule has 0 atom stereocenters. The molecule has 0 radical (unpaired) electrons. The SMILES string of the molecule is COc1ccc(CNCC2(O)CCOCC2)cc1C#N. The van der Waals surface area contributed by atoms with E-state index in [4.69, 9.17) is 14.7 Å². The van der Waals surface area contributed by atoms with Crippen LogP contribution in [0.5, 0.6) is 5.75 Å². The molecule has 1 aromatic carbocycles. The zero-order chi connectivity index (χ0) is 14.4. The molecular weight excluding hydrogens is 256 g/mol. The summed E-state index contributed by atoms with van der Waals surface area (Å²) in [5.41, 5.74) is 0.845. The molecule has 0 aromatic heterocycles. The van der Waals surface area contributed by atoms with Gasteiger partial charge in [-0.1, -0.05) is 6.07 Å². The fourth-order valence-electron chi connectivity index (χ4n) is 2.32. The van der Waals surface area contributed by atoms with Crippen LogP contribution in [0.1, 0.15) is 24.0 Å². The van der Waals surface area contributed by atoms with Gasteiger partial charge in [-0.25, -0.2) is 0 Å². The molecule has 0 amide bonds. The minimum atomic E-state index is -0.678. The number of aliphatic hydroxyl groups is 1. The van der Waals surface area contributed by atoms with Crippen LogP contribution in [0.3, 0.4) is 0 Å². The highest BCUT2D eigenvalue weighted by atomic mass is 16.5. The lowest BCUT2D eigenvalue weighted by atomic mass is 9.94. The van der Waals surface area contributed by atoms with Crippen LogP contribution in [-0.4, -0.2) is 37.6 Å². The molecule has 0 aliphatic carbocycles. The summed E-state index contributed by atoms with van der Waals surface area (Å²) in [4.78, 5) is 0. The zero-order valence-corrected chi connectivity index (χ0v) is 11.7. The summed E-state index contributed by atoms with van der Waals surface area (Å²) in [5, 5.41) is 22.6. The number of rotatable bonds is 5. The van der Waals surface area contributed by atoms with E-state index in [1.54, 1.807) is 19.2 Å². The van der Waals surface area contributed by atoms with Crippen molar-refractivity contribution in [2.24, 2.45) is 0 Å². The molecule has 1 aliphatic heterocycles. The molecule has 1 heterocycles. The molecule has 0 bridgehead atoms. The summed E-state index contributed by atoms with van der Waals surface area (Å²) in [7, 11) is 1.55. The van der Waals surface area contributed by atoms with E-state index in [9.17, 15) is 5.11 Å². The lowest BCUT2D eigenvalue weighted by Crippen LogP contribution is -2.44. The third-order valence-corrected chi connectivity index (χ3v) is 3.59. The third kappa shape index (κ3) is 3.70. The third-order valence-electron chi connectivity index (χ3n) is 3.59. The fourth-order valence-corrected chi connectivity index (χ4v) is 2.32. The largest absolute Gasteiger partial charge is 0.495 e. The van der Waals surface area contributed by atoms with Crippen LogP contribution < -0.4 is 10.1 Å². The molecule has 1 saturated heterocycles. The van der Waals surface area contributed by atoms with Crippen molar-refractivity contribution in [3.63, 3.8) is 0 Å². The number of ether oxygens (including phenoxy) is 2. The van der Waals surface area contributed by atoms with E-state index in [2.05, 4.69) is 11.4 Å². The molecule has 5 heteroatoms. The highest BCUT2D eigenvalue weighted by molar-refractivity contribution is 5.45. The topological polar surface area (TPSA) is 74.5 Å². The molecule has 0 unspecified atom stereocenters. The van der Waals surface area contributed by atoms with Gasteiger partial charge in [-0.2, -0.15) is 5.26 Å². The number of nitrogens with one attached hydrogen (secondary N) is 1. The van der Waals surface area contributed by atoms with Gasteiger partial charge in [-0.3, -0.25) is 0 Å². The maximum Gasteiger partial charge on any atom is 0.136 e. The molecule has 1 aromatic rings. The maximum absolute atomic E-state index is 10.3. The van der Waals surface area contributed by atoms with E-state index in [1.807, 2.05) is 6.07 Å². The van der Waals surface area contributed by atoms with Crippen molar-refractivity contribution < 1.29 is 14.6 Å². The van der Waals surface area contributed by atoms with Crippen LogP contribution >= 0.6 is 0 Å². The first-order valence-corrected chi connectivity index (χ1v) is 6.75. The fraction of sp³-hybridized carbons (Fsp3) is 0.533. The van der Waals surface area contributed by atoms with Crippen LogP contribution in [0.25, 0.3) is 0 Å². The maximum atomic E-state index is 10.3. The van der Waals surface area contributed by atoms with Gasteiger partial charge in [-0.15, -0.1) is 0 Å². The molecule has 5 nitrogen and oxygen atoms in total. The van der Waals surface area contributed by atoms with Crippen molar-refractivity contribution in [2.45, 2.75) is 25.0 Å². The lowest BCUT2D eigenvalue weighted by Gasteiger charge is -2.32. The molecule has 2 rings (SSSR count). The Hall–Kier alpha value is -1.61. The second-order valence-corrected chi connectivity index (χ2v) is 5.09. The standard InChI is InChI=1S/C15H20N2O3/c1-19-14-3-2-12(8-13(14)9-16)10-17-11-15(18)4-6-20-7-5-15/h2-3,8,17-18H,4-7,10-11H2,1H3. The number of methoxy groups -OCH3 is 1. The van der Waals surface area contributed by atoms with E-state index in [-0.39, 0.29) is 0 Å². The minimum absolute atomic E-state index is 0.525. The van der Waals surface area contributed by atoms with Gasteiger partial charge < -0.3 is 19.9 Å². The normalized spacial score (nSPS) is 17.4. The molecule has 0 saturated carbocycles. The van der Waals surface area contributed by atoms with Gasteiger partial charge in [0, 0.05) is 39.1 Å². The predicted molar refractivity (Wildman–Crippen MR) is 74.4 cm³/mol. The Morgan fingerprint density at radius 3 is 2.85 bits per heavy atom. The Morgan fingerprint density at radius 2 is 2.20 bits per heavy atom. The Kier molecular flexibility index (Phi) is 4.96. The first-order chi connectivity index (χ1) is 9.67. The predicted octanol–water partition coefficient (Wildman–Crippen LogP) is 1.20. The summed E-state index contributed by atoms with van der Waals surface area (Å²) in [6.45, 7) is 2.37. The molecule has 1 fully saturated rings. The van der Waals surface area contributed by atoms with Crippen molar-refractivity contribution >= 4 is 0 Å². The number of hydrogen-bond donors (Lipinski definition) is 2. The highest BCUT2D eigenvalue weighted by Gasteiger charge is 2.29. The highest BCUT2D eigenvalue weighted by Crippen LogP contribution is 2.21. The Morgan fingerprint density at radius 1 is 1.45 bits per heavy atom. The number of nitrogens with zero attached hydrogens (tertiary/aromatic N) is 1. The van der Waals surface area contributed by atoms with Gasteiger partial charge in [0.2, 0.25) is 0 Å². The molecule has 108 valence electrons. The van der Waals surface area contributed by atoms with Gasteiger partial charge in [-0.05, 0) is 17.7 Å². The van der Waals surface area contributed by atoms with Crippen LogP contribution in [0.15, 0.2) is 18.2 Å². The van der Waals surface area contributed by atoms with Crippen LogP contribution in [0.4, 0.5) is 0 Å². The van der Waals surface area contributed by atoms with Crippen LogP contribution in [-0.2, 0) is 11.3 Å². The summed E-state index contributed by atoms with van der Waals surface area (Å²) >= 11 is 0. The number of hydrogen-bond acceptors (Lipinski definition) is 5. The lowest BCUT2D eigenvalue weighted by molar-refractivity contribution is -0.0617. The summed E-state index contributed by atoms with van der Waals surface area (Å²) in [5.74, 6) is 0.583. The van der Waals surface area contributed by atoms with Gasteiger partial charge in [0.05, 0.1) is 18.3 Å². The smallest absolute Gasteiger partial charge is 0.136 e. The second kappa shape index (κ2) is 6.71. The molecule has 1 aliphatic rings. The zero-order valence-electron chi connectivity index (χ0n) is 11.7. The second-order valence-electron chi connectivity index (χ2n) is 5.09. The first-order valence-electron chi connectivity index (χ1n) is 6.75. The van der Waals surface area contributed by atoms with E-state index < -0.39 is 5.60 Å².